The highest BCUT2D eigenvalue weighted by Gasteiger charge is 2.20. The number of amides is 1. The number of para-hydroxylation sites is 2. The van der Waals surface area contributed by atoms with Gasteiger partial charge in [0.25, 0.3) is 5.91 Å². The van der Waals surface area contributed by atoms with Gasteiger partial charge in [0.15, 0.2) is 17.4 Å². The quantitative estimate of drug-likeness (QED) is 0.720. The molecular formula is C19H16F2N2O3. The Morgan fingerprint density at radius 3 is 2.65 bits per heavy atom. The minimum absolute atomic E-state index is 0.0451. The van der Waals surface area contributed by atoms with Gasteiger partial charge in [-0.25, -0.2) is 8.78 Å². The molecule has 0 radical (unpaired) electrons. The molecule has 0 bridgehead atoms. The maximum absolute atomic E-state index is 13.5. The van der Waals surface area contributed by atoms with Gasteiger partial charge in [-0.05, 0) is 44.2 Å². The van der Waals surface area contributed by atoms with Crippen molar-refractivity contribution in [1.82, 2.24) is 5.16 Å². The third kappa shape index (κ3) is 3.72. The molecule has 5 nitrogen and oxygen atoms in total. The molecule has 0 saturated carbocycles. The second-order valence-corrected chi connectivity index (χ2v) is 5.81. The fourth-order valence-electron chi connectivity index (χ4n) is 2.36. The van der Waals surface area contributed by atoms with E-state index in [9.17, 15) is 13.6 Å². The van der Waals surface area contributed by atoms with Crippen molar-refractivity contribution in [3.05, 3.63) is 65.9 Å². The maximum atomic E-state index is 13.5. The van der Waals surface area contributed by atoms with Gasteiger partial charge in [0, 0.05) is 5.56 Å². The summed E-state index contributed by atoms with van der Waals surface area (Å²) in [6, 6.07) is 10.2. The Labute approximate surface area is 148 Å². The summed E-state index contributed by atoms with van der Waals surface area (Å²) in [5, 5.41) is 6.32. The number of carbonyl (C=O) groups is 1. The van der Waals surface area contributed by atoms with E-state index in [1.807, 2.05) is 13.8 Å². The Kier molecular flexibility index (Phi) is 4.97. The lowest BCUT2D eigenvalue weighted by Gasteiger charge is -2.14. The molecule has 26 heavy (non-hydrogen) atoms. The van der Waals surface area contributed by atoms with Crippen LogP contribution in [-0.4, -0.2) is 17.2 Å². The van der Waals surface area contributed by atoms with E-state index in [4.69, 9.17) is 9.26 Å². The van der Waals surface area contributed by atoms with Gasteiger partial charge in [0.05, 0.1) is 18.0 Å². The van der Waals surface area contributed by atoms with Crippen LogP contribution in [0.5, 0.6) is 5.75 Å². The Bertz CT molecular complexity index is 938. The number of nitrogens with zero attached hydrogens (tertiary/aromatic N) is 1. The van der Waals surface area contributed by atoms with E-state index >= 15 is 0 Å². The Hall–Kier alpha value is -3.22. The molecule has 0 fully saturated rings. The summed E-state index contributed by atoms with van der Waals surface area (Å²) in [7, 11) is 0. The van der Waals surface area contributed by atoms with Crippen molar-refractivity contribution in [2.75, 3.05) is 5.32 Å². The third-order valence-corrected chi connectivity index (χ3v) is 3.49. The SMILES string of the molecule is CC(C)Oc1ccccc1NC(=O)c1cnoc1-c1ccc(F)c(F)c1. The van der Waals surface area contributed by atoms with Crippen LogP contribution in [0.4, 0.5) is 14.5 Å². The molecule has 1 aromatic heterocycles. The van der Waals surface area contributed by atoms with Crippen LogP contribution in [0.1, 0.15) is 24.2 Å². The zero-order valence-corrected chi connectivity index (χ0v) is 14.1. The van der Waals surface area contributed by atoms with Crippen LogP contribution in [0.2, 0.25) is 0 Å². The van der Waals surface area contributed by atoms with E-state index in [0.717, 1.165) is 12.1 Å². The van der Waals surface area contributed by atoms with Gasteiger partial charge in [-0.1, -0.05) is 17.3 Å². The zero-order chi connectivity index (χ0) is 18.7. The van der Waals surface area contributed by atoms with Crippen molar-refractivity contribution in [2.45, 2.75) is 20.0 Å². The number of ether oxygens (including phenoxy) is 1. The van der Waals surface area contributed by atoms with Crippen LogP contribution >= 0.6 is 0 Å². The van der Waals surface area contributed by atoms with E-state index in [-0.39, 0.29) is 23.0 Å². The number of carbonyl (C=O) groups excluding carboxylic acids is 1. The van der Waals surface area contributed by atoms with Crippen molar-refractivity contribution in [3.63, 3.8) is 0 Å². The number of anilines is 1. The minimum Gasteiger partial charge on any atom is -0.489 e. The number of halogens is 2. The molecule has 2 aromatic carbocycles. The van der Waals surface area contributed by atoms with Crippen molar-refractivity contribution >= 4 is 11.6 Å². The van der Waals surface area contributed by atoms with E-state index < -0.39 is 17.5 Å². The van der Waals surface area contributed by atoms with Crippen molar-refractivity contribution in [3.8, 4) is 17.1 Å². The molecule has 0 aliphatic rings. The summed E-state index contributed by atoms with van der Waals surface area (Å²) in [6.07, 6.45) is 1.15. The highest BCUT2D eigenvalue weighted by atomic mass is 19.2. The van der Waals surface area contributed by atoms with Crippen LogP contribution < -0.4 is 10.1 Å². The molecule has 134 valence electrons. The van der Waals surface area contributed by atoms with Gasteiger partial charge in [-0.2, -0.15) is 0 Å². The minimum atomic E-state index is -1.04. The fourth-order valence-corrected chi connectivity index (χ4v) is 2.36. The maximum Gasteiger partial charge on any atom is 0.261 e. The Balaban J connectivity index is 1.89. The molecule has 7 heteroatoms. The summed E-state index contributed by atoms with van der Waals surface area (Å²) in [5.74, 6) is -1.98. The van der Waals surface area contributed by atoms with Crippen molar-refractivity contribution < 1.29 is 22.8 Å². The molecule has 0 unspecified atom stereocenters. The molecule has 0 spiro atoms. The molecule has 1 amide bonds. The predicted molar refractivity (Wildman–Crippen MR) is 92.0 cm³/mol. The molecule has 1 heterocycles. The first kappa shape index (κ1) is 17.6. The summed E-state index contributed by atoms with van der Waals surface area (Å²) >= 11 is 0. The molecule has 3 rings (SSSR count). The van der Waals surface area contributed by atoms with Gasteiger partial charge in [0.2, 0.25) is 0 Å². The summed E-state index contributed by atoms with van der Waals surface area (Å²) in [5.41, 5.74) is 0.775. The lowest BCUT2D eigenvalue weighted by atomic mass is 10.1. The van der Waals surface area contributed by atoms with Gasteiger partial charge >= 0.3 is 0 Å². The monoisotopic (exact) mass is 358 g/mol. The summed E-state index contributed by atoms with van der Waals surface area (Å²) in [6.45, 7) is 3.75. The number of benzene rings is 2. The average Bonchev–Trinajstić information content (AvgIpc) is 3.08. The molecule has 3 aromatic rings. The van der Waals surface area contributed by atoms with Crippen LogP contribution in [0, 0.1) is 11.6 Å². The molecule has 0 aliphatic heterocycles. The fraction of sp³-hybridized carbons (Fsp3) is 0.158. The number of hydrogen-bond acceptors (Lipinski definition) is 4. The van der Waals surface area contributed by atoms with Crippen molar-refractivity contribution in [2.24, 2.45) is 0 Å². The number of hydrogen-bond donors (Lipinski definition) is 1. The first-order valence-corrected chi connectivity index (χ1v) is 7.93. The van der Waals surface area contributed by atoms with Crippen LogP contribution in [0.3, 0.4) is 0 Å². The van der Waals surface area contributed by atoms with E-state index in [2.05, 4.69) is 10.5 Å². The van der Waals surface area contributed by atoms with E-state index in [0.29, 0.717) is 11.4 Å². The second kappa shape index (κ2) is 7.35. The first-order valence-electron chi connectivity index (χ1n) is 7.93. The second-order valence-electron chi connectivity index (χ2n) is 5.81. The predicted octanol–water partition coefficient (Wildman–Crippen LogP) is 4.66. The molecule has 0 aliphatic carbocycles. The normalized spacial score (nSPS) is 10.8. The first-order chi connectivity index (χ1) is 12.5. The molecular weight excluding hydrogens is 342 g/mol. The number of nitrogens with one attached hydrogen (secondary N) is 1. The van der Waals surface area contributed by atoms with E-state index in [1.54, 1.807) is 24.3 Å². The summed E-state index contributed by atoms with van der Waals surface area (Å²) < 4.78 is 37.3. The highest BCUT2D eigenvalue weighted by Crippen LogP contribution is 2.28. The zero-order valence-electron chi connectivity index (χ0n) is 14.1. The Morgan fingerprint density at radius 2 is 1.92 bits per heavy atom. The standard InChI is InChI=1S/C19H16F2N2O3/c1-11(2)25-17-6-4-3-5-16(17)23-19(24)13-10-22-26-18(13)12-7-8-14(20)15(21)9-12/h3-11H,1-2H3,(H,23,24). The van der Waals surface area contributed by atoms with Crippen molar-refractivity contribution in [1.29, 1.82) is 0 Å². The summed E-state index contributed by atoms with van der Waals surface area (Å²) in [4.78, 5) is 12.6. The Morgan fingerprint density at radius 1 is 1.15 bits per heavy atom. The third-order valence-electron chi connectivity index (χ3n) is 3.49. The average molecular weight is 358 g/mol. The molecule has 1 N–H and O–H groups in total. The lowest BCUT2D eigenvalue weighted by molar-refractivity contribution is 0.102. The number of rotatable bonds is 5. The van der Waals surface area contributed by atoms with Crippen LogP contribution in [-0.2, 0) is 0 Å². The molecule has 0 atom stereocenters. The largest absolute Gasteiger partial charge is 0.489 e. The lowest BCUT2D eigenvalue weighted by Crippen LogP contribution is -2.14. The van der Waals surface area contributed by atoms with E-state index in [1.165, 1.54) is 12.3 Å². The van der Waals surface area contributed by atoms with Crippen LogP contribution in [0.15, 0.2) is 53.2 Å². The van der Waals surface area contributed by atoms with Gasteiger partial charge in [0.1, 0.15) is 11.3 Å². The van der Waals surface area contributed by atoms with Gasteiger partial charge in [-0.15, -0.1) is 0 Å². The van der Waals surface area contributed by atoms with Gasteiger partial charge < -0.3 is 14.6 Å². The topological polar surface area (TPSA) is 64.4 Å². The molecule has 0 saturated heterocycles. The smallest absolute Gasteiger partial charge is 0.261 e. The van der Waals surface area contributed by atoms with Crippen LogP contribution in [0.25, 0.3) is 11.3 Å². The number of aromatic nitrogens is 1. The van der Waals surface area contributed by atoms with Gasteiger partial charge in [-0.3, -0.25) is 4.79 Å². The highest BCUT2D eigenvalue weighted by molar-refractivity contribution is 6.08.